The van der Waals surface area contributed by atoms with Crippen LogP contribution in [0.1, 0.15) is 15.2 Å². The summed E-state index contributed by atoms with van der Waals surface area (Å²) in [7, 11) is 5.22. The number of methoxy groups -OCH3 is 2. The second-order valence-corrected chi connectivity index (χ2v) is 7.93. The molecule has 2 aromatic heterocycles. The first-order valence-corrected chi connectivity index (χ1v) is 10.4. The van der Waals surface area contributed by atoms with Gasteiger partial charge in [-0.15, -0.1) is 11.3 Å². The molecule has 0 aliphatic rings. The van der Waals surface area contributed by atoms with Crippen molar-refractivity contribution in [3.63, 3.8) is 0 Å². The quantitative estimate of drug-likeness (QED) is 0.483. The molecule has 0 fully saturated rings. The zero-order valence-electron chi connectivity index (χ0n) is 17.1. The van der Waals surface area contributed by atoms with E-state index in [0.29, 0.717) is 29.3 Å². The third kappa shape index (κ3) is 3.89. The van der Waals surface area contributed by atoms with Gasteiger partial charge in [0.1, 0.15) is 0 Å². The molecular formula is C23H23N3O3S. The lowest BCUT2D eigenvalue weighted by Gasteiger charge is -2.10. The maximum atomic E-state index is 12.6. The fourth-order valence-electron chi connectivity index (χ4n) is 3.39. The van der Waals surface area contributed by atoms with E-state index in [0.717, 1.165) is 27.3 Å². The summed E-state index contributed by atoms with van der Waals surface area (Å²) in [4.78, 5) is 18.9. The Bertz CT molecular complexity index is 1200. The maximum Gasteiger partial charge on any atom is 0.261 e. The number of carbonyl (C=O) groups is 1. The SMILES string of the molecule is COc1ccc(CCNC(=O)c2ccc(-c3nc4ccccc4n3C)s2)cc1OC. The van der Waals surface area contributed by atoms with Crippen molar-refractivity contribution in [1.29, 1.82) is 0 Å². The van der Waals surface area contributed by atoms with Gasteiger partial charge in [-0.3, -0.25) is 4.79 Å². The fourth-order valence-corrected chi connectivity index (χ4v) is 4.34. The summed E-state index contributed by atoms with van der Waals surface area (Å²) >= 11 is 1.45. The molecular weight excluding hydrogens is 398 g/mol. The Labute approximate surface area is 179 Å². The molecule has 0 spiro atoms. The van der Waals surface area contributed by atoms with Gasteiger partial charge in [-0.1, -0.05) is 18.2 Å². The second-order valence-electron chi connectivity index (χ2n) is 6.84. The topological polar surface area (TPSA) is 65.4 Å². The van der Waals surface area contributed by atoms with Crippen LogP contribution in [0.2, 0.25) is 0 Å². The summed E-state index contributed by atoms with van der Waals surface area (Å²) in [5.41, 5.74) is 3.09. The first-order valence-electron chi connectivity index (χ1n) is 9.61. The molecule has 30 heavy (non-hydrogen) atoms. The van der Waals surface area contributed by atoms with Crippen LogP contribution in [0, 0.1) is 0 Å². The number of ether oxygens (including phenoxy) is 2. The molecule has 0 aliphatic heterocycles. The third-order valence-electron chi connectivity index (χ3n) is 4.98. The van der Waals surface area contributed by atoms with Crippen LogP contribution in [0.5, 0.6) is 11.5 Å². The number of thiophene rings is 1. The molecule has 0 saturated carbocycles. The Morgan fingerprint density at radius 2 is 1.87 bits per heavy atom. The van der Waals surface area contributed by atoms with Crippen molar-refractivity contribution in [3.05, 3.63) is 65.0 Å². The number of benzene rings is 2. The Hall–Kier alpha value is -3.32. The molecule has 2 heterocycles. The number of para-hydroxylation sites is 2. The minimum Gasteiger partial charge on any atom is -0.493 e. The van der Waals surface area contributed by atoms with Gasteiger partial charge in [0.2, 0.25) is 0 Å². The zero-order valence-corrected chi connectivity index (χ0v) is 18.0. The summed E-state index contributed by atoms with van der Waals surface area (Å²) in [6.07, 6.45) is 0.703. The normalized spacial score (nSPS) is 10.9. The van der Waals surface area contributed by atoms with Gasteiger partial charge in [0, 0.05) is 13.6 Å². The van der Waals surface area contributed by atoms with E-state index >= 15 is 0 Å². The first-order chi connectivity index (χ1) is 14.6. The Morgan fingerprint density at radius 1 is 1.07 bits per heavy atom. The average molecular weight is 422 g/mol. The van der Waals surface area contributed by atoms with E-state index in [4.69, 9.17) is 14.5 Å². The summed E-state index contributed by atoms with van der Waals surface area (Å²) in [5.74, 6) is 2.17. The fraction of sp³-hybridized carbons (Fsp3) is 0.217. The number of aryl methyl sites for hydroxylation is 1. The minimum atomic E-state index is -0.0782. The van der Waals surface area contributed by atoms with Crippen LogP contribution in [0.3, 0.4) is 0 Å². The lowest BCUT2D eigenvalue weighted by Crippen LogP contribution is -2.24. The highest BCUT2D eigenvalue weighted by Gasteiger charge is 2.15. The van der Waals surface area contributed by atoms with Crippen molar-refractivity contribution in [2.45, 2.75) is 6.42 Å². The predicted molar refractivity (Wildman–Crippen MR) is 120 cm³/mol. The number of aromatic nitrogens is 2. The molecule has 2 aromatic carbocycles. The lowest BCUT2D eigenvalue weighted by molar-refractivity contribution is 0.0958. The molecule has 0 radical (unpaired) electrons. The van der Waals surface area contributed by atoms with E-state index < -0.39 is 0 Å². The molecule has 0 saturated heterocycles. The van der Waals surface area contributed by atoms with Crippen LogP contribution in [-0.2, 0) is 13.5 Å². The number of rotatable bonds is 7. The van der Waals surface area contributed by atoms with Gasteiger partial charge in [-0.25, -0.2) is 4.98 Å². The standard InChI is InChI=1S/C23H23N3O3S/c1-26-17-7-5-4-6-16(17)25-22(26)20-10-11-21(30-20)23(27)24-13-12-15-8-9-18(28-2)19(14-15)29-3/h4-11,14H,12-13H2,1-3H3,(H,24,27). The molecule has 4 aromatic rings. The van der Waals surface area contributed by atoms with Crippen molar-refractivity contribution in [2.75, 3.05) is 20.8 Å². The molecule has 0 atom stereocenters. The predicted octanol–water partition coefficient (Wildman–Crippen LogP) is 4.29. The third-order valence-corrected chi connectivity index (χ3v) is 6.06. The largest absolute Gasteiger partial charge is 0.493 e. The number of hydrogen-bond donors (Lipinski definition) is 1. The van der Waals surface area contributed by atoms with Crippen LogP contribution >= 0.6 is 11.3 Å². The number of carbonyl (C=O) groups excluding carboxylic acids is 1. The number of imidazole rings is 1. The molecule has 154 valence electrons. The van der Waals surface area contributed by atoms with E-state index in [1.165, 1.54) is 11.3 Å². The molecule has 1 amide bonds. The van der Waals surface area contributed by atoms with Crippen LogP contribution in [0.4, 0.5) is 0 Å². The maximum absolute atomic E-state index is 12.6. The molecule has 4 rings (SSSR count). The molecule has 0 aliphatic carbocycles. The lowest BCUT2D eigenvalue weighted by atomic mass is 10.1. The monoisotopic (exact) mass is 421 g/mol. The van der Waals surface area contributed by atoms with Crippen LogP contribution in [-0.4, -0.2) is 36.2 Å². The van der Waals surface area contributed by atoms with E-state index in [1.54, 1.807) is 14.2 Å². The van der Waals surface area contributed by atoms with Gasteiger partial charge in [0.25, 0.3) is 5.91 Å². The van der Waals surface area contributed by atoms with E-state index in [2.05, 4.69) is 9.88 Å². The summed E-state index contributed by atoms with van der Waals surface area (Å²) in [6, 6.07) is 17.6. The van der Waals surface area contributed by atoms with E-state index in [9.17, 15) is 4.79 Å². The molecule has 0 bridgehead atoms. The van der Waals surface area contributed by atoms with Gasteiger partial charge in [-0.05, 0) is 48.4 Å². The summed E-state index contributed by atoms with van der Waals surface area (Å²) < 4.78 is 12.6. The van der Waals surface area contributed by atoms with Gasteiger partial charge in [0.15, 0.2) is 17.3 Å². The van der Waals surface area contributed by atoms with E-state index in [1.807, 2.05) is 61.6 Å². The van der Waals surface area contributed by atoms with Crippen molar-refractivity contribution < 1.29 is 14.3 Å². The zero-order chi connectivity index (χ0) is 21.1. The molecule has 1 N–H and O–H groups in total. The average Bonchev–Trinajstić information content (AvgIpc) is 3.39. The summed E-state index contributed by atoms with van der Waals surface area (Å²) in [6.45, 7) is 0.536. The highest BCUT2D eigenvalue weighted by atomic mass is 32.1. The van der Waals surface area contributed by atoms with E-state index in [-0.39, 0.29) is 5.91 Å². The van der Waals surface area contributed by atoms with Crippen molar-refractivity contribution in [3.8, 4) is 22.2 Å². The van der Waals surface area contributed by atoms with Crippen molar-refractivity contribution in [1.82, 2.24) is 14.9 Å². The van der Waals surface area contributed by atoms with Crippen LogP contribution in [0.15, 0.2) is 54.6 Å². The number of hydrogen-bond acceptors (Lipinski definition) is 5. The van der Waals surface area contributed by atoms with Crippen LogP contribution < -0.4 is 14.8 Å². The molecule has 6 nitrogen and oxygen atoms in total. The number of fused-ring (bicyclic) bond motifs is 1. The van der Waals surface area contributed by atoms with Gasteiger partial charge < -0.3 is 19.4 Å². The minimum absolute atomic E-state index is 0.0782. The Morgan fingerprint density at radius 3 is 2.63 bits per heavy atom. The van der Waals surface area contributed by atoms with Crippen molar-refractivity contribution in [2.24, 2.45) is 7.05 Å². The Kier molecular flexibility index (Phi) is 5.72. The van der Waals surface area contributed by atoms with Crippen molar-refractivity contribution >= 4 is 28.3 Å². The molecule has 7 heteroatoms. The van der Waals surface area contributed by atoms with Gasteiger partial charge in [-0.2, -0.15) is 0 Å². The smallest absolute Gasteiger partial charge is 0.261 e. The Balaban J connectivity index is 1.41. The second kappa shape index (κ2) is 8.59. The number of amides is 1. The van der Waals surface area contributed by atoms with Gasteiger partial charge >= 0.3 is 0 Å². The van der Waals surface area contributed by atoms with Crippen LogP contribution in [0.25, 0.3) is 21.7 Å². The highest BCUT2D eigenvalue weighted by Crippen LogP contribution is 2.30. The van der Waals surface area contributed by atoms with Gasteiger partial charge in [0.05, 0.1) is 35.0 Å². The number of nitrogens with one attached hydrogen (secondary N) is 1. The summed E-state index contributed by atoms with van der Waals surface area (Å²) in [5, 5.41) is 2.99. The first kappa shape index (κ1) is 20.0. The molecule has 0 unspecified atom stereocenters. The number of nitrogens with zero attached hydrogens (tertiary/aromatic N) is 2. The highest BCUT2D eigenvalue weighted by molar-refractivity contribution is 7.17.